The van der Waals surface area contributed by atoms with E-state index in [4.69, 9.17) is 11.6 Å². The molecule has 0 saturated carbocycles. The minimum absolute atomic E-state index is 0.0179. The van der Waals surface area contributed by atoms with Crippen LogP contribution in [0.25, 0.3) is 0 Å². The lowest BCUT2D eigenvalue weighted by Crippen LogP contribution is -2.34. The molecule has 0 aliphatic rings. The van der Waals surface area contributed by atoms with Gasteiger partial charge in [0.15, 0.2) is 0 Å². The van der Waals surface area contributed by atoms with Gasteiger partial charge in [0, 0.05) is 11.9 Å². The quantitative estimate of drug-likeness (QED) is 0.517. The van der Waals surface area contributed by atoms with Crippen molar-refractivity contribution in [2.45, 2.75) is 32.7 Å². The zero-order valence-corrected chi connectivity index (χ0v) is 11.7. The lowest BCUT2D eigenvalue weighted by molar-refractivity contribution is 0.556. The predicted molar refractivity (Wildman–Crippen MR) is 69.3 cm³/mol. The van der Waals surface area contributed by atoms with Crippen molar-refractivity contribution in [2.24, 2.45) is 0 Å². The molecule has 0 bridgehead atoms. The van der Waals surface area contributed by atoms with Crippen molar-refractivity contribution in [3.63, 3.8) is 0 Å². The van der Waals surface area contributed by atoms with Gasteiger partial charge in [0.1, 0.15) is 0 Å². The molecule has 0 saturated heterocycles. The van der Waals surface area contributed by atoms with E-state index in [9.17, 15) is 8.42 Å². The van der Waals surface area contributed by atoms with Crippen LogP contribution in [-0.4, -0.2) is 37.6 Å². The Labute approximate surface area is 102 Å². The smallest absolute Gasteiger partial charge is 0.211 e. The van der Waals surface area contributed by atoms with Crippen molar-refractivity contribution < 1.29 is 8.42 Å². The molecule has 0 aromatic carbocycles. The Morgan fingerprint density at radius 2 is 2.13 bits per heavy atom. The van der Waals surface area contributed by atoms with E-state index in [1.807, 2.05) is 18.7 Å². The van der Waals surface area contributed by atoms with E-state index < -0.39 is 10.0 Å². The molecular weight excluding hydrogens is 254 g/mol. The molecule has 1 atom stereocenters. The molecular formula is C9H20ClNO2S2. The standard InChI is InChI=1S/C9H20ClNO2S2/c1-3-14-7-5-9(2)11-15(12,13)8-4-6-10/h9,11H,3-8H2,1-2H3. The molecule has 0 rings (SSSR count). The van der Waals surface area contributed by atoms with Crippen molar-refractivity contribution in [2.75, 3.05) is 23.1 Å². The van der Waals surface area contributed by atoms with Crippen LogP contribution in [-0.2, 0) is 10.0 Å². The van der Waals surface area contributed by atoms with Crippen molar-refractivity contribution in [1.82, 2.24) is 4.72 Å². The van der Waals surface area contributed by atoms with Gasteiger partial charge in [0.25, 0.3) is 0 Å². The lowest BCUT2D eigenvalue weighted by atomic mass is 10.3. The summed E-state index contributed by atoms with van der Waals surface area (Å²) in [5.41, 5.74) is 0. The zero-order chi connectivity index (χ0) is 11.7. The van der Waals surface area contributed by atoms with Crippen LogP contribution >= 0.6 is 23.4 Å². The number of halogens is 1. The van der Waals surface area contributed by atoms with Crippen molar-refractivity contribution >= 4 is 33.4 Å². The molecule has 0 fully saturated rings. The monoisotopic (exact) mass is 273 g/mol. The van der Waals surface area contributed by atoms with Crippen LogP contribution < -0.4 is 4.72 Å². The Hall–Kier alpha value is 0.550. The van der Waals surface area contributed by atoms with E-state index in [1.54, 1.807) is 0 Å². The average molecular weight is 274 g/mol. The predicted octanol–water partition coefficient (Wildman–Crippen LogP) is 2.07. The summed E-state index contributed by atoms with van der Waals surface area (Å²) in [5, 5.41) is 0. The summed E-state index contributed by atoms with van der Waals surface area (Å²) in [6.45, 7) is 3.99. The second-order valence-electron chi connectivity index (χ2n) is 3.37. The second-order valence-corrected chi connectivity index (χ2v) is 7.01. The molecule has 6 heteroatoms. The SMILES string of the molecule is CCSCCC(C)NS(=O)(=O)CCCCl. The van der Waals surface area contributed by atoms with Crippen LogP contribution in [0.1, 0.15) is 26.7 Å². The summed E-state index contributed by atoms with van der Waals surface area (Å²) >= 11 is 7.28. The van der Waals surface area contributed by atoms with Crippen molar-refractivity contribution in [3.8, 4) is 0 Å². The van der Waals surface area contributed by atoms with E-state index in [2.05, 4.69) is 11.6 Å². The van der Waals surface area contributed by atoms with Crippen LogP contribution in [0, 0.1) is 0 Å². The fraction of sp³-hybridized carbons (Fsp3) is 1.00. The van der Waals surface area contributed by atoms with Gasteiger partial charge in [-0.2, -0.15) is 11.8 Å². The molecule has 1 unspecified atom stereocenters. The normalized spacial score (nSPS) is 14.1. The molecule has 0 spiro atoms. The maximum Gasteiger partial charge on any atom is 0.211 e. The molecule has 0 amide bonds. The average Bonchev–Trinajstić information content (AvgIpc) is 2.14. The van der Waals surface area contributed by atoms with Crippen LogP contribution in [0.5, 0.6) is 0 Å². The van der Waals surface area contributed by atoms with E-state index in [0.29, 0.717) is 12.3 Å². The van der Waals surface area contributed by atoms with Gasteiger partial charge in [-0.15, -0.1) is 11.6 Å². The highest BCUT2D eigenvalue weighted by Crippen LogP contribution is 2.05. The summed E-state index contributed by atoms with van der Waals surface area (Å²) in [6, 6.07) is 0.0179. The van der Waals surface area contributed by atoms with E-state index in [0.717, 1.165) is 17.9 Å². The lowest BCUT2D eigenvalue weighted by Gasteiger charge is -2.13. The molecule has 15 heavy (non-hydrogen) atoms. The Bertz CT molecular complexity index is 244. The fourth-order valence-electron chi connectivity index (χ4n) is 1.07. The third-order valence-electron chi connectivity index (χ3n) is 1.83. The van der Waals surface area contributed by atoms with E-state index in [-0.39, 0.29) is 11.8 Å². The van der Waals surface area contributed by atoms with Gasteiger partial charge < -0.3 is 0 Å². The second kappa shape index (κ2) is 8.67. The summed E-state index contributed by atoms with van der Waals surface area (Å²) in [6.07, 6.45) is 1.38. The Kier molecular flexibility index (Phi) is 8.99. The molecule has 0 aromatic heterocycles. The third kappa shape index (κ3) is 9.48. The highest BCUT2D eigenvalue weighted by atomic mass is 35.5. The topological polar surface area (TPSA) is 46.2 Å². The number of rotatable bonds is 9. The van der Waals surface area contributed by atoms with Gasteiger partial charge in [-0.3, -0.25) is 0 Å². The molecule has 0 aliphatic carbocycles. The van der Waals surface area contributed by atoms with Crippen molar-refractivity contribution in [1.29, 1.82) is 0 Å². The summed E-state index contributed by atoms with van der Waals surface area (Å²) in [4.78, 5) is 0. The minimum atomic E-state index is -3.12. The number of hydrogen-bond acceptors (Lipinski definition) is 3. The Morgan fingerprint density at radius 1 is 1.47 bits per heavy atom. The van der Waals surface area contributed by atoms with E-state index in [1.165, 1.54) is 0 Å². The molecule has 0 radical (unpaired) electrons. The first-order valence-corrected chi connectivity index (χ1v) is 8.49. The number of alkyl halides is 1. The van der Waals surface area contributed by atoms with Gasteiger partial charge in [0.2, 0.25) is 10.0 Å². The van der Waals surface area contributed by atoms with Gasteiger partial charge in [0.05, 0.1) is 5.75 Å². The molecule has 1 N–H and O–H groups in total. The van der Waals surface area contributed by atoms with Crippen LogP contribution in [0.2, 0.25) is 0 Å². The molecule has 0 aromatic rings. The van der Waals surface area contributed by atoms with Gasteiger partial charge in [-0.1, -0.05) is 6.92 Å². The summed E-state index contributed by atoms with van der Waals surface area (Å²) < 4.78 is 25.6. The fourth-order valence-corrected chi connectivity index (χ4v) is 3.55. The molecule has 3 nitrogen and oxygen atoms in total. The van der Waals surface area contributed by atoms with Crippen LogP contribution in [0.3, 0.4) is 0 Å². The summed E-state index contributed by atoms with van der Waals surface area (Å²) in [5.74, 6) is 2.59. The maximum absolute atomic E-state index is 11.5. The third-order valence-corrected chi connectivity index (χ3v) is 4.61. The van der Waals surface area contributed by atoms with Crippen LogP contribution in [0.15, 0.2) is 0 Å². The highest BCUT2D eigenvalue weighted by molar-refractivity contribution is 7.99. The number of nitrogens with one attached hydrogen (secondary N) is 1. The highest BCUT2D eigenvalue weighted by Gasteiger charge is 2.13. The van der Waals surface area contributed by atoms with Gasteiger partial charge in [-0.05, 0) is 31.3 Å². The largest absolute Gasteiger partial charge is 0.212 e. The van der Waals surface area contributed by atoms with Crippen molar-refractivity contribution in [3.05, 3.63) is 0 Å². The zero-order valence-electron chi connectivity index (χ0n) is 9.33. The Morgan fingerprint density at radius 3 is 2.67 bits per heavy atom. The Balaban J connectivity index is 3.78. The number of hydrogen-bond donors (Lipinski definition) is 1. The maximum atomic E-state index is 11.5. The summed E-state index contributed by atoms with van der Waals surface area (Å²) in [7, 11) is -3.12. The minimum Gasteiger partial charge on any atom is -0.212 e. The first-order valence-electron chi connectivity index (χ1n) is 5.15. The molecule has 0 aliphatic heterocycles. The molecule has 92 valence electrons. The molecule has 0 heterocycles. The van der Waals surface area contributed by atoms with Gasteiger partial charge >= 0.3 is 0 Å². The number of sulfonamides is 1. The number of thioether (sulfide) groups is 1. The first-order chi connectivity index (χ1) is 7.02. The first kappa shape index (κ1) is 15.6. The van der Waals surface area contributed by atoms with E-state index >= 15 is 0 Å². The van der Waals surface area contributed by atoms with Gasteiger partial charge in [-0.25, -0.2) is 13.1 Å². The van der Waals surface area contributed by atoms with Crippen LogP contribution in [0.4, 0.5) is 0 Å².